The normalized spacial score (nSPS) is 13.4. The van der Waals surface area contributed by atoms with E-state index in [9.17, 15) is 13.2 Å². The number of amides is 1. The quantitative estimate of drug-likeness (QED) is 0.267. The average molecular weight is 606 g/mol. The number of rotatable bonds is 13. The number of hydrogen-bond acceptors (Lipinski definition) is 11. The molecule has 0 saturated carbocycles. The van der Waals surface area contributed by atoms with E-state index in [0.29, 0.717) is 18.9 Å². The number of aliphatic imine (C=N–C) groups is 1. The van der Waals surface area contributed by atoms with Crippen LogP contribution >= 0.6 is 0 Å². The van der Waals surface area contributed by atoms with Crippen molar-refractivity contribution in [1.29, 1.82) is 0 Å². The summed E-state index contributed by atoms with van der Waals surface area (Å²) in [5, 5.41) is 4.02. The molecule has 0 saturated heterocycles. The molecular weight excluding hydrogens is 566 g/mol. The highest BCUT2D eigenvalue weighted by Crippen LogP contribution is 2.34. The molecule has 224 valence electrons. The first-order valence-electron chi connectivity index (χ1n) is 13.2. The van der Waals surface area contributed by atoms with Crippen molar-refractivity contribution in [1.82, 2.24) is 9.97 Å². The molecule has 1 aromatic carbocycles. The summed E-state index contributed by atoms with van der Waals surface area (Å²) >= 11 is 0. The Kier molecular flexibility index (Phi) is 10.5. The van der Waals surface area contributed by atoms with E-state index in [2.05, 4.69) is 52.1 Å². The largest absolute Gasteiger partial charge is 0.479 e. The Labute approximate surface area is 242 Å². The number of ether oxygens (including phenoxy) is 3. The Bertz CT molecular complexity index is 1410. The third kappa shape index (κ3) is 8.74. The van der Waals surface area contributed by atoms with Crippen molar-refractivity contribution >= 4 is 46.8 Å². The van der Waals surface area contributed by atoms with Gasteiger partial charge < -0.3 is 24.4 Å². The number of carbonyl (C=O) groups excluding carboxylic acids is 1. The van der Waals surface area contributed by atoms with Crippen molar-refractivity contribution in [3.63, 3.8) is 0 Å². The maximum Gasteiger partial charge on any atom is 0.274 e. The summed E-state index contributed by atoms with van der Waals surface area (Å²) in [4.78, 5) is 28.2. The molecule has 0 atom stereocenters. The molecular formula is C27H39N5O7SSi. The number of nitrogens with one attached hydrogen (secondary N) is 1. The van der Waals surface area contributed by atoms with Crippen LogP contribution in [0.2, 0.25) is 19.6 Å². The standard InChI is InChI=1S/C27H39N5O7SSi/c1-9-14-32(15-16-38-40(5,34)35)27-30-25(36-3)23(26(31-27)37-4)29-24(33)20-12-13-22(28-20)39-21-17-19(41(6,7)8)11-10-18(21)2/h10-12,17H,9,13-16H2,1-8H3,(H,29,33). The van der Waals surface area contributed by atoms with Crippen LogP contribution in [0.3, 0.4) is 0 Å². The van der Waals surface area contributed by atoms with Crippen LogP contribution in [0.15, 0.2) is 35.0 Å². The lowest BCUT2D eigenvalue weighted by molar-refractivity contribution is -0.112. The van der Waals surface area contributed by atoms with Gasteiger partial charge in [0, 0.05) is 19.5 Å². The molecule has 0 aliphatic carbocycles. The van der Waals surface area contributed by atoms with Gasteiger partial charge in [-0.05, 0) is 31.1 Å². The van der Waals surface area contributed by atoms with Gasteiger partial charge in [0.2, 0.25) is 17.7 Å². The molecule has 2 aromatic rings. The molecule has 1 N–H and O–H groups in total. The fraction of sp³-hybridized carbons (Fsp3) is 0.481. The number of benzene rings is 1. The molecule has 0 unspecified atom stereocenters. The number of methoxy groups -OCH3 is 2. The van der Waals surface area contributed by atoms with E-state index in [4.69, 9.17) is 18.4 Å². The number of aryl methyl sites for hydroxylation is 1. The Morgan fingerprint density at radius 1 is 1.10 bits per heavy atom. The number of hydrogen-bond donors (Lipinski definition) is 1. The fourth-order valence-electron chi connectivity index (χ4n) is 3.93. The number of nitrogens with zero attached hydrogens (tertiary/aromatic N) is 4. The molecule has 1 aliphatic heterocycles. The van der Waals surface area contributed by atoms with Gasteiger partial charge in [-0.2, -0.15) is 18.4 Å². The van der Waals surface area contributed by atoms with E-state index in [1.165, 1.54) is 19.4 Å². The van der Waals surface area contributed by atoms with Gasteiger partial charge in [0.05, 0.1) is 35.2 Å². The second-order valence-corrected chi connectivity index (χ2v) is 17.2. The molecule has 12 nitrogen and oxygen atoms in total. The van der Waals surface area contributed by atoms with Gasteiger partial charge in [0.15, 0.2) is 11.6 Å². The van der Waals surface area contributed by atoms with E-state index >= 15 is 0 Å². The first kappa shape index (κ1) is 32.0. The Hall–Kier alpha value is -3.49. The van der Waals surface area contributed by atoms with Crippen LogP contribution in [0.5, 0.6) is 17.5 Å². The van der Waals surface area contributed by atoms with Crippen molar-refractivity contribution < 1.29 is 31.6 Å². The average Bonchev–Trinajstić information content (AvgIpc) is 3.37. The first-order chi connectivity index (χ1) is 19.2. The van der Waals surface area contributed by atoms with E-state index in [0.717, 1.165) is 24.0 Å². The summed E-state index contributed by atoms with van der Waals surface area (Å²) in [5.74, 6) is 1.02. The van der Waals surface area contributed by atoms with Crippen molar-refractivity contribution in [2.24, 2.45) is 4.99 Å². The van der Waals surface area contributed by atoms with E-state index < -0.39 is 24.1 Å². The van der Waals surface area contributed by atoms with Crippen LogP contribution in [-0.2, 0) is 19.1 Å². The molecule has 2 heterocycles. The van der Waals surface area contributed by atoms with Crippen LogP contribution in [0.4, 0.5) is 11.6 Å². The topological polar surface area (TPSA) is 142 Å². The van der Waals surface area contributed by atoms with Gasteiger partial charge in [-0.3, -0.25) is 8.98 Å². The third-order valence-corrected chi connectivity index (χ3v) is 8.76. The number of carbonyl (C=O) groups is 1. The summed E-state index contributed by atoms with van der Waals surface area (Å²) in [5.41, 5.74) is 1.30. The maximum absolute atomic E-state index is 13.2. The molecule has 0 spiro atoms. The minimum atomic E-state index is -3.59. The van der Waals surface area contributed by atoms with E-state index in [-0.39, 0.29) is 42.2 Å². The maximum atomic E-state index is 13.2. The predicted molar refractivity (Wildman–Crippen MR) is 162 cm³/mol. The zero-order valence-corrected chi connectivity index (χ0v) is 26.7. The molecule has 0 bridgehead atoms. The molecule has 0 radical (unpaired) electrons. The van der Waals surface area contributed by atoms with E-state index in [1.54, 1.807) is 11.0 Å². The molecule has 14 heteroatoms. The first-order valence-corrected chi connectivity index (χ1v) is 18.5. The lowest BCUT2D eigenvalue weighted by Crippen LogP contribution is -2.37. The zero-order valence-electron chi connectivity index (χ0n) is 24.9. The Morgan fingerprint density at radius 2 is 1.76 bits per heavy atom. The highest BCUT2D eigenvalue weighted by molar-refractivity contribution is 7.85. The summed E-state index contributed by atoms with van der Waals surface area (Å²) in [6.07, 6.45) is 3.78. The highest BCUT2D eigenvalue weighted by Gasteiger charge is 2.25. The molecule has 0 fully saturated rings. The second kappa shape index (κ2) is 13.4. The van der Waals surface area contributed by atoms with Crippen LogP contribution < -0.4 is 29.6 Å². The number of aromatic nitrogens is 2. The molecule has 41 heavy (non-hydrogen) atoms. The minimum absolute atomic E-state index is 0.0724. The SMILES string of the molecule is CCCN(CCOS(C)(=O)=O)c1nc(OC)c(NC(=O)C2=CCC(Oc3cc([Si](C)(C)C)ccc3C)=N2)c(OC)n1. The molecule has 1 aliphatic rings. The van der Waals surface area contributed by atoms with Crippen LogP contribution in [0, 0.1) is 6.92 Å². The van der Waals surface area contributed by atoms with Crippen LogP contribution in [0.1, 0.15) is 25.3 Å². The molecule has 1 aromatic heterocycles. The van der Waals surface area contributed by atoms with Gasteiger partial charge in [-0.25, -0.2) is 4.99 Å². The second-order valence-electron chi connectivity index (χ2n) is 10.5. The number of anilines is 2. The van der Waals surface area contributed by atoms with Crippen molar-refractivity contribution in [2.45, 2.75) is 46.3 Å². The monoisotopic (exact) mass is 605 g/mol. The van der Waals surface area contributed by atoms with Crippen molar-refractivity contribution in [3.05, 3.63) is 35.5 Å². The summed E-state index contributed by atoms with van der Waals surface area (Å²) < 4.78 is 44.6. The predicted octanol–water partition coefficient (Wildman–Crippen LogP) is 3.24. The highest BCUT2D eigenvalue weighted by atomic mass is 32.2. The lowest BCUT2D eigenvalue weighted by Gasteiger charge is -2.23. The van der Waals surface area contributed by atoms with Crippen molar-refractivity contribution in [3.8, 4) is 17.5 Å². The lowest BCUT2D eigenvalue weighted by atomic mass is 10.2. The van der Waals surface area contributed by atoms with Crippen LogP contribution in [-0.4, -0.2) is 78.4 Å². The third-order valence-electron chi connectivity index (χ3n) is 6.12. The Morgan fingerprint density at radius 3 is 2.32 bits per heavy atom. The fourth-order valence-corrected chi connectivity index (χ4v) is 5.46. The van der Waals surface area contributed by atoms with Gasteiger partial charge >= 0.3 is 0 Å². The summed E-state index contributed by atoms with van der Waals surface area (Å²) in [6, 6.07) is 6.24. The zero-order chi connectivity index (χ0) is 30.4. The van der Waals surface area contributed by atoms with Gasteiger partial charge in [0.1, 0.15) is 11.4 Å². The van der Waals surface area contributed by atoms with Gasteiger partial charge in [-0.1, -0.05) is 43.9 Å². The minimum Gasteiger partial charge on any atom is -0.479 e. The molecule has 1 amide bonds. The summed E-state index contributed by atoms with van der Waals surface area (Å²) in [6.45, 7) is 11.4. The van der Waals surface area contributed by atoms with Crippen molar-refractivity contribution in [2.75, 3.05) is 50.4 Å². The smallest absolute Gasteiger partial charge is 0.274 e. The molecule has 3 rings (SSSR count). The Balaban J connectivity index is 1.79. The van der Waals surface area contributed by atoms with Crippen LogP contribution in [0.25, 0.3) is 0 Å². The van der Waals surface area contributed by atoms with Gasteiger partial charge in [-0.15, -0.1) is 0 Å². The van der Waals surface area contributed by atoms with E-state index in [1.807, 2.05) is 19.9 Å². The van der Waals surface area contributed by atoms with Gasteiger partial charge in [0.25, 0.3) is 16.0 Å². The summed E-state index contributed by atoms with van der Waals surface area (Å²) in [7, 11) is -2.30.